The van der Waals surface area contributed by atoms with Crippen molar-refractivity contribution in [2.75, 3.05) is 5.32 Å². The molecule has 1 heterocycles. The summed E-state index contributed by atoms with van der Waals surface area (Å²) in [5.41, 5.74) is 2.39. The molecule has 0 aliphatic carbocycles. The van der Waals surface area contributed by atoms with Gasteiger partial charge in [0.05, 0.1) is 11.1 Å². The summed E-state index contributed by atoms with van der Waals surface area (Å²) in [5.74, 6) is 0. The SMILES string of the molecule is O=CNc1cccc2oc3ccccc3c12. The number of anilines is 1. The van der Waals surface area contributed by atoms with E-state index in [2.05, 4.69) is 5.32 Å². The Morgan fingerprint density at radius 2 is 1.81 bits per heavy atom. The molecule has 78 valence electrons. The minimum Gasteiger partial charge on any atom is -0.456 e. The molecular formula is C13H9NO2. The van der Waals surface area contributed by atoms with Crippen LogP contribution in [0, 0.1) is 0 Å². The van der Waals surface area contributed by atoms with Crippen LogP contribution in [-0.2, 0) is 4.79 Å². The first kappa shape index (κ1) is 8.97. The number of hydrogen-bond donors (Lipinski definition) is 1. The molecule has 0 atom stereocenters. The number of carbonyl (C=O) groups excluding carboxylic acids is 1. The number of benzene rings is 2. The maximum absolute atomic E-state index is 10.5. The quantitative estimate of drug-likeness (QED) is 0.661. The van der Waals surface area contributed by atoms with Crippen LogP contribution in [0.1, 0.15) is 0 Å². The summed E-state index contributed by atoms with van der Waals surface area (Å²) in [4.78, 5) is 10.5. The summed E-state index contributed by atoms with van der Waals surface area (Å²) in [7, 11) is 0. The monoisotopic (exact) mass is 211 g/mol. The van der Waals surface area contributed by atoms with Gasteiger partial charge < -0.3 is 9.73 Å². The van der Waals surface area contributed by atoms with Gasteiger partial charge in [0, 0.05) is 5.39 Å². The second-order valence-corrected chi connectivity index (χ2v) is 3.54. The van der Waals surface area contributed by atoms with Gasteiger partial charge in [-0.3, -0.25) is 4.79 Å². The molecule has 0 bridgehead atoms. The fourth-order valence-corrected chi connectivity index (χ4v) is 1.96. The molecular weight excluding hydrogens is 202 g/mol. The van der Waals surface area contributed by atoms with Crippen molar-refractivity contribution < 1.29 is 9.21 Å². The van der Waals surface area contributed by atoms with Crippen LogP contribution < -0.4 is 5.32 Å². The van der Waals surface area contributed by atoms with Crippen molar-refractivity contribution >= 4 is 34.0 Å². The van der Waals surface area contributed by atoms with Gasteiger partial charge in [-0.05, 0) is 18.2 Å². The van der Waals surface area contributed by atoms with Crippen molar-refractivity contribution in [2.45, 2.75) is 0 Å². The fourth-order valence-electron chi connectivity index (χ4n) is 1.96. The predicted molar refractivity (Wildman–Crippen MR) is 63.4 cm³/mol. The van der Waals surface area contributed by atoms with Gasteiger partial charge in [-0.2, -0.15) is 0 Å². The molecule has 0 fully saturated rings. The number of nitrogens with one attached hydrogen (secondary N) is 1. The Labute approximate surface area is 91.7 Å². The molecule has 1 aromatic heterocycles. The Morgan fingerprint density at radius 3 is 2.69 bits per heavy atom. The zero-order chi connectivity index (χ0) is 11.0. The highest BCUT2D eigenvalue weighted by atomic mass is 16.3. The average Bonchev–Trinajstić information content (AvgIpc) is 2.68. The van der Waals surface area contributed by atoms with Crippen LogP contribution in [0.3, 0.4) is 0 Å². The summed E-state index contributed by atoms with van der Waals surface area (Å²) < 4.78 is 5.68. The average molecular weight is 211 g/mol. The maximum atomic E-state index is 10.5. The number of rotatable bonds is 2. The van der Waals surface area contributed by atoms with Crippen molar-refractivity contribution in [3.63, 3.8) is 0 Å². The lowest BCUT2D eigenvalue weighted by atomic mass is 10.1. The van der Waals surface area contributed by atoms with Gasteiger partial charge in [-0.1, -0.05) is 24.3 Å². The molecule has 3 heteroatoms. The van der Waals surface area contributed by atoms with Gasteiger partial charge in [-0.15, -0.1) is 0 Å². The van der Waals surface area contributed by atoms with Gasteiger partial charge in [0.25, 0.3) is 0 Å². The largest absolute Gasteiger partial charge is 0.456 e. The van der Waals surface area contributed by atoms with Crippen molar-refractivity contribution in [3.05, 3.63) is 42.5 Å². The number of furan rings is 1. The Morgan fingerprint density at radius 1 is 1.00 bits per heavy atom. The third-order valence-corrected chi connectivity index (χ3v) is 2.62. The molecule has 0 saturated carbocycles. The van der Waals surface area contributed by atoms with Crippen molar-refractivity contribution in [1.29, 1.82) is 0 Å². The zero-order valence-corrected chi connectivity index (χ0v) is 8.44. The van der Waals surface area contributed by atoms with Crippen LogP contribution in [0.5, 0.6) is 0 Å². The minimum atomic E-state index is 0.677. The Bertz CT molecular complexity index is 670. The highest BCUT2D eigenvalue weighted by molar-refractivity contribution is 6.12. The predicted octanol–water partition coefficient (Wildman–Crippen LogP) is 3.15. The highest BCUT2D eigenvalue weighted by Gasteiger charge is 2.09. The topological polar surface area (TPSA) is 42.2 Å². The Hall–Kier alpha value is -2.29. The third kappa shape index (κ3) is 1.18. The van der Waals surface area contributed by atoms with E-state index in [-0.39, 0.29) is 0 Å². The summed E-state index contributed by atoms with van der Waals surface area (Å²) in [6.45, 7) is 0. The molecule has 16 heavy (non-hydrogen) atoms. The second kappa shape index (κ2) is 3.38. The zero-order valence-electron chi connectivity index (χ0n) is 8.44. The van der Waals surface area contributed by atoms with Crippen molar-refractivity contribution in [2.24, 2.45) is 0 Å². The van der Waals surface area contributed by atoms with E-state index in [9.17, 15) is 4.79 Å². The summed E-state index contributed by atoms with van der Waals surface area (Å²) >= 11 is 0. The van der Waals surface area contributed by atoms with E-state index >= 15 is 0 Å². The van der Waals surface area contributed by atoms with E-state index < -0.39 is 0 Å². The molecule has 0 radical (unpaired) electrons. The molecule has 1 amide bonds. The first-order chi connectivity index (χ1) is 7.90. The van der Waals surface area contributed by atoms with E-state index in [1.54, 1.807) is 0 Å². The first-order valence-electron chi connectivity index (χ1n) is 5.00. The second-order valence-electron chi connectivity index (χ2n) is 3.54. The first-order valence-corrected chi connectivity index (χ1v) is 5.00. The molecule has 0 unspecified atom stereocenters. The number of para-hydroxylation sites is 1. The molecule has 0 aliphatic rings. The summed E-state index contributed by atoms with van der Waals surface area (Å²) in [5, 5.41) is 4.65. The lowest BCUT2D eigenvalue weighted by Gasteiger charge is -1.99. The Balaban J connectivity index is 2.47. The van der Waals surface area contributed by atoms with E-state index in [1.807, 2.05) is 42.5 Å². The minimum absolute atomic E-state index is 0.677. The van der Waals surface area contributed by atoms with Gasteiger partial charge in [-0.25, -0.2) is 0 Å². The van der Waals surface area contributed by atoms with Crippen LogP contribution in [0.4, 0.5) is 5.69 Å². The molecule has 0 aliphatic heterocycles. The lowest BCUT2D eigenvalue weighted by molar-refractivity contribution is -0.105. The fraction of sp³-hybridized carbons (Fsp3) is 0. The number of fused-ring (bicyclic) bond motifs is 3. The van der Waals surface area contributed by atoms with Crippen LogP contribution in [0.2, 0.25) is 0 Å². The molecule has 0 saturated heterocycles. The maximum Gasteiger partial charge on any atom is 0.211 e. The van der Waals surface area contributed by atoms with Crippen LogP contribution in [0.25, 0.3) is 21.9 Å². The van der Waals surface area contributed by atoms with E-state index in [0.717, 1.165) is 27.6 Å². The number of hydrogen-bond acceptors (Lipinski definition) is 2. The van der Waals surface area contributed by atoms with Crippen LogP contribution in [-0.4, -0.2) is 6.41 Å². The van der Waals surface area contributed by atoms with E-state index in [0.29, 0.717) is 6.41 Å². The smallest absolute Gasteiger partial charge is 0.211 e. The third-order valence-electron chi connectivity index (χ3n) is 2.62. The Kier molecular flexibility index (Phi) is 1.90. The molecule has 3 aromatic rings. The highest BCUT2D eigenvalue weighted by Crippen LogP contribution is 2.33. The van der Waals surface area contributed by atoms with Crippen molar-refractivity contribution in [3.8, 4) is 0 Å². The normalized spacial score (nSPS) is 10.8. The van der Waals surface area contributed by atoms with E-state index in [4.69, 9.17) is 4.42 Å². The van der Waals surface area contributed by atoms with Gasteiger partial charge in [0.1, 0.15) is 11.2 Å². The summed E-state index contributed by atoms with van der Waals surface area (Å²) in [6, 6.07) is 13.4. The molecule has 0 spiro atoms. The summed E-state index contributed by atoms with van der Waals surface area (Å²) in [6.07, 6.45) is 0.677. The molecule has 3 rings (SSSR count). The van der Waals surface area contributed by atoms with Gasteiger partial charge >= 0.3 is 0 Å². The molecule has 1 N–H and O–H groups in total. The molecule has 2 aromatic carbocycles. The van der Waals surface area contributed by atoms with Gasteiger partial charge in [0.2, 0.25) is 6.41 Å². The molecule has 3 nitrogen and oxygen atoms in total. The van der Waals surface area contributed by atoms with Crippen molar-refractivity contribution in [1.82, 2.24) is 0 Å². The standard InChI is InChI=1S/C13H9NO2/c15-8-14-10-5-3-7-12-13(10)9-4-1-2-6-11(9)16-12/h1-8H,(H,14,15). The lowest BCUT2D eigenvalue weighted by Crippen LogP contribution is -1.93. The van der Waals surface area contributed by atoms with E-state index in [1.165, 1.54) is 0 Å². The van der Waals surface area contributed by atoms with Crippen LogP contribution >= 0.6 is 0 Å². The number of amides is 1. The van der Waals surface area contributed by atoms with Crippen LogP contribution in [0.15, 0.2) is 46.9 Å². The van der Waals surface area contributed by atoms with Gasteiger partial charge in [0.15, 0.2) is 0 Å². The number of carbonyl (C=O) groups is 1.